The summed E-state index contributed by atoms with van der Waals surface area (Å²) in [4.78, 5) is 52.5. The van der Waals surface area contributed by atoms with Gasteiger partial charge in [0.25, 0.3) is 0 Å². The number of anilines is 1. The fourth-order valence-electron chi connectivity index (χ4n) is 3.40. The Morgan fingerprint density at radius 3 is 2.34 bits per heavy atom. The standard InChI is InChI=1S/C16H20N5O14P3/c17-13-10-14(19-6-18-13)21(7-20-10)15-12(23)11(22)9(32-15)5-31-36(25,26)34-38(29,30)35-37(27,28)33-16(24)8-3-1-2-4-8/h1-4,6-9,11-12,15,22-23H,5H2,(H,25,26)(H,27,28)(H,29,30)(H2,17,18,19)/t9-,11-,12-,15-/m1/s1. The van der Waals surface area contributed by atoms with E-state index in [1.807, 2.05) is 0 Å². The zero-order chi connectivity index (χ0) is 27.9. The maximum atomic E-state index is 12.2. The van der Waals surface area contributed by atoms with Gasteiger partial charge in [0.2, 0.25) is 0 Å². The lowest BCUT2D eigenvalue weighted by atomic mass is 10.1. The minimum absolute atomic E-state index is 0.0325. The van der Waals surface area contributed by atoms with Gasteiger partial charge >= 0.3 is 29.4 Å². The molecule has 4 rings (SSSR count). The molecule has 2 aromatic rings. The van der Waals surface area contributed by atoms with Crippen LogP contribution in [-0.2, 0) is 40.9 Å². The number of carbonyl (C=O) groups excluding carboxylic acids is 1. The monoisotopic (exact) mass is 599 g/mol. The molecule has 1 saturated heterocycles. The molecule has 7 N–H and O–H groups in total. The van der Waals surface area contributed by atoms with Gasteiger partial charge in [-0.3, -0.25) is 18.8 Å². The third-order valence-electron chi connectivity index (χ3n) is 5.04. The van der Waals surface area contributed by atoms with E-state index in [9.17, 15) is 43.4 Å². The maximum absolute atomic E-state index is 12.2. The summed E-state index contributed by atoms with van der Waals surface area (Å²) in [6.07, 6.45) is 1.61. The fourth-order valence-corrected chi connectivity index (χ4v) is 6.88. The van der Waals surface area contributed by atoms with Crippen molar-refractivity contribution in [3.63, 3.8) is 0 Å². The van der Waals surface area contributed by atoms with E-state index in [0.29, 0.717) is 0 Å². The van der Waals surface area contributed by atoms with E-state index >= 15 is 0 Å². The summed E-state index contributed by atoms with van der Waals surface area (Å²) < 4.78 is 59.2. The molecule has 38 heavy (non-hydrogen) atoms. The number of phosphoric acid groups is 3. The Balaban J connectivity index is 1.36. The van der Waals surface area contributed by atoms with E-state index in [4.69, 9.17) is 10.5 Å². The molecule has 22 heteroatoms. The van der Waals surface area contributed by atoms with E-state index in [1.54, 1.807) is 0 Å². The molecule has 1 aliphatic carbocycles. The lowest BCUT2D eigenvalue weighted by Crippen LogP contribution is -2.33. The first-order chi connectivity index (χ1) is 17.7. The largest absolute Gasteiger partial charge is 0.538 e. The van der Waals surface area contributed by atoms with Crippen molar-refractivity contribution in [3.05, 3.63) is 37.0 Å². The molecule has 0 aromatic carbocycles. The molecule has 1 aliphatic heterocycles. The smallest absolute Gasteiger partial charge is 0.387 e. The Morgan fingerprint density at radius 2 is 1.66 bits per heavy atom. The lowest BCUT2D eigenvalue weighted by Gasteiger charge is -2.20. The van der Waals surface area contributed by atoms with Gasteiger partial charge in [-0.2, -0.15) is 8.62 Å². The Kier molecular flexibility index (Phi) is 8.03. The van der Waals surface area contributed by atoms with Crippen molar-refractivity contribution < 1.29 is 65.8 Å². The summed E-state index contributed by atoms with van der Waals surface area (Å²) in [7, 11) is -17.0. The zero-order valence-electron chi connectivity index (χ0n) is 18.7. The second-order valence-corrected chi connectivity index (χ2v) is 12.3. The number of fused-ring (bicyclic) bond motifs is 1. The highest BCUT2D eigenvalue weighted by Gasteiger charge is 2.47. The second-order valence-electron chi connectivity index (χ2n) is 7.70. The highest BCUT2D eigenvalue weighted by Crippen LogP contribution is 2.67. The first-order valence-corrected chi connectivity index (χ1v) is 14.8. The normalized spacial score (nSPS) is 28.2. The average molecular weight is 599 g/mol. The number of allylic oxidation sites excluding steroid dienone is 2. The molecule has 2 aromatic heterocycles. The lowest BCUT2D eigenvalue weighted by molar-refractivity contribution is -0.137. The van der Waals surface area contributed by atoms with Crippen LogP contribution in [0.5, 0.6) is 0 Å². The molecule has 0 amide bonds. The number of rotatable bonds is 10. The van der Waals surface area contributed by atoms with Gasteiger partial charge in [0.05, 0.1) is 18.9 Å². The van der Waals surface area contributed by atoms with E-state index in [0.717, 1.165) is 6.33 Å². The number of aromatic nitrogens is 4. The molecule has 0 saturated carbocycles. The summed E-state index contributed by atoms with van der Waals surface area (Å²) >= 11 is 0. The Labute approximate surface area is 212 Å². The zero-order valence-corrected chi connectivity index (χ0v) is 21.4. The Hall–Kier alpha value is -2.37. The van der Waals surface area contributed by atoms with Crippen LogP contribution in [0, 0.1) is 5.92 Å². The van der Waals surface area contributed by atoms with E-state index < -0.39 is 66.5 Å². The minimum Gasteiger partial charge on any atom is -0.387 e. The summed E-state index contributed by atoms with van der Waals surface area (Å²) in [5, 5.41) is 20.7. The van der Waals surface area contributed by atoms with Gasteiger partial charge in [0.15, 0.2) is 17.7 Å². The molecule has 3 unspecified atom stereocenters. The van der Waals surface area contributed by atoms with Crippen LogP contribution < -0.4 is 5.73 Å². The average Bonchev–Trinajstić information content (AvgIpc) is 3.52. The van der Waals surface area contributed by atoms with E-state index in [1.165, 1.54) is 35.2 Å². The van der Waals surface area contributed by atoms with Gasteiger partial charge < -0.3 is 35.0 Å². The van der Waals surface area contributed by atoms with Crippen LogP contribution >= 0.6 is 23.5 Å². The molecule has 0 radical (unpaired) electrons. The number of hydrogen-bond donors (Lipinski definition) is 6. The van der Waals surface area contributed by atoms with Crippen molar-refractivity contribution in [3.8, 4) is 0 Å². The Bertz CT molecular complexity index is 1420. The maximum Gasteiger partial charge on any atom is 0.538 e. The number of hydrogen-bond acceptors (Lipinski definition) is 15. The van der Waals surface area contributed by atoms with Crippen LogP contribution in [0.15, 0.2) is 37.0 Å². The summed E-state index contributed by atoms with van der Waals surface area (Å²) in [5.41, 5.74) is 6.02. The van der Waals surface area contributed by atoms with E-state index in [-0.39, 0.29) is 17.0 Å². The number of nitrogens with zero attached hydrogens (tertiary/aromatic N) is 4. The molecule has 19 nitrogen and oxygen atoms in total. The number of carbonyl (C=O) groups is 1. The van der Waals surface area contributed by atoms with Gasteiger partial charge in [-0.05, 0) is 0 Å². The van der Waals surface area contributed by atoms with Crippen LogP contribution in [0.1, 0.15) is 6.23 Å². The molecule has 1 fully saturated rings. The number of nitrogens with two attached hydrogens (primary N) is 1. The van der Waals surface area contributed by atoms with Crippen LogP contribution in [0.3, 0.4) is 0 Å². The van der Waals surface area contributed by atoms with Crippen molar-refractivity contribution in [2.45, 2.75) is 24.5 Å². The molecule has 0 spiro atoms. The highest BCUT2D eigenvalue weighted by atomic mass is 31.3. The van der Waals surface area contributed by atoms with Crippen molar-refractivity contribution in [2.75, 3.05) is 12.3 Å². The molecular weight excluding hydrogens is 579 g/mol. The first-order valence-electron chi connectivity index (χ1n) is 10.3. The predicted octanol–water partition coefficient (Wildman–Crippen LogP) is -0.336. The highest BCUT2D eigenvalue weighted by molar-refractivity contribution is 7.67. The molecular formula is C16H20N5O14P3. The van der Waals surface area contributed by atoms with Crippen molar-refractivity contribution in [1.82, 2.24) is 19.5 Å². The first kappa shape index (κ1) is 28.6. The van der Waals surface area contributed by atoms with Crippen molar-refractivity contribution >= 4 is 46.4 Å². The second kappa shape index (κ2) is 10.7. The SMILES string of the molecule is Nc1ncnc2c1ncn2[C@@H]1O[C@H](COP(=O)(O)OP(=O)(O)OP(=O)(O)OC(=O)C2C=CC=C2)[C@@H](O)[C@H]1O. The minimum atomic E-state index is -5.85. The Morgan fingerprint density at radius 1 is 1.00 bits per heavy atom. The van der Waals surface area contributed by atoms with E-state index in [2.05, 4.69) is 32.6 Å². The van der Waals surface area contributed by atoms with Crippen LogP contribution in [0.2, 0.25) is 0 Å². The van der Waals surface area contributed by atoms with Crippen LogP contribution in [0.25, 0.3) is 11.2 Å². The van der Waals surface area contributed by atoms with Gasteiger partial charge in [0, 0.05) is 0 Å². The molecule has 0 bridgehead atoms. The van der Waals surface area contributed by atoms with Gasteiger partial charge in [-0.1, -0.05) is 24.3 Å². The predicted molar refractivity (Wildman–Crippen MR) is 121 cm³/mol. The van der Waals surface area contributed by atoms with Gasteiger partial charge in [-0.25, -0.2) is 28.6 Å². The molecule has 7 atom stereocenters. The number of aliphatic hydroxyl groups excluding tert-OH is 2. The van der Waals surface area contributed by atoms with Crippen molar-refractivity contribution in [2.24, 2.45) is 5.92 Å². The number of aliphatic hydroxyl groups is 2. The molecule has 3 heterocycles. The number of nitrogen functional groups attached to an aromatic ring is 1. The molecule has 2 aliphatic rings. The summed E-state index contributed by atoms with van der Waals surface area (Å²) in [6.45, 7) is -0.988. The van der Waals surface area contributed by atoms with Gasteiger partial charge in [-0.15, -0.1) is 0 Å². The summed E-state index contributed by atoms with van der Waals surface area (Å²) in [6, 6.07) is 0. The molecule has 208 valence electrons. The number of ether oxygens (including phenoxy) is 1. The van der Waals surface area contributed by atoms with Crippen LogP contribution in [-0.4, -0.2) is 75.3 Å². The third-order valence-corrected chi connectivity index (χ3v) is 9.23. The third kappa shape index (κ3) is 6.43. The number of phosphoric ester groups is 2. The quantitative estimate of drug-likeness (QED) is 0.190. The van der Waals surface area contributed by atoms with Gasteiger partial charge in [0.1, 0.15) is 30.2 Å². The topological polar surface area (TPSA) is 285 Å². The fraction of sp³-hybridized carbons (Fsp3) is 0.375. The number of imidazole rings is 1. The summed E-state index contributed by atoms with van der Waals surface area (Å²) in [5.74, 6) is -2.35. The van der Waals surface area contributed by atoms with Crippen molar-refractivity contribution in [1.29, 1.82) is 0 Å². The van der Waals surface area contributed by atoms with Crippen LogP contribution in [0.4, 0.5) is 5.82 Å².